The second-order valence-electron chi connectivity index (χ2n) is 7.06. The third-order valence-electron chi connectivity index (χ3n) is 5.19. The predicted molar refractivity (Wildman–Crippen MR) is 99.9 cm³/mol. The van der Waals surface area contributed by atoms with Gasteiger partial charge in [0.25, 0.3) is 0 Å². The highest BCUT2D eigenvalue weighted by molar-refractivity contribution is 6.99. The molecule has 26 heavy (non-hydrogen) atoms. The summed E-state index contributed by atoms with van der Waals surface area (Å²) >= 11 is 1.27. The number of hydrogen-bond acceptors (Lipinski definition) is 8. The third kappa shape index (κ3) is 5.85. The molecule has 4 rings (SSSR count). The standard InChI is InChI=1S/C18H31N3O4S/c22-8-1-9-23-10-2-11-24-12-3-13-25-18-17(19-26-20-18)16-14-21-6-4-15(16)5-7-21/h15-16,22H,1-14H2. The minimum absolute atomic E-state index is 0.187. The third-order valence-corrected chi connectivity index (χ3v) is 5.71. The van der Waals surface area contributed by atoms with E-state index < -0.39 is 0 Å². The van der Waals surface area contributed by atoms with E-state index in [9.17, 15) is 0 Å². The van der Waals surface area contributed by atoms with Crippen LogP contribution >= 0.6 is 11.7 Å². The van der Waals surface area contributed by atoms with E-state index in [0.717, 1.165) is 36.9 Å². The van der Waals surface area contributed by atoms with E-state index in [1.165, 1.54) is 37.7 Å². The number of ether oxygens (including phenoxy) is 3. The molecule has 3 aliphatic heterocycles. The fourth-order valence-corrected chi connectivity index (χ4v) is 4.32. The maximum absolute atomic E-state index is 8.65. The molecule has 1 atom stereocenters. The van der Waals surface area contributed by atoms with Crippen molar-refractivity contribution in [3.05, 3.63) is 5.69 Å². The number of piperidine rings is 3. The fraction of sp³-hybridized carbons (Fsp3) is 0.889. The first-order valence-corrected chi connectivity index (χ1v) is 10.6. The molecular formula is C18H31N3O4S. The van der Waals surface area contributed by atoms with Crippen molar-refractivity contribution in [1.82, 2.24) is 13.6 Å². The zero-order chi connectivity index (χ0) is 18.0. The van der Waals surface area contributed by atoms with Gasteiger partial charge in [-0.25, -0.2) is 0 Å². The minimum Gasteiger partial charge on any atom is -0.476 e. The van der Waals surface area contributed by atoms with Crippen LogP contribution in [-0.4, -0.2) is 78.0 Å². The van der Waals surface area contributed by atoms with Crippen molar-refractivity contribution in [3.8, 4) is 5.88 Å². The maximum atomic E-state index is 8.65. The first-order chi connectivity index (χ1) is 12.9. The molecule has 0 amide bonds. The average Bonchev–Trinajstić information content (AvgIpc) is 3.15. The van der Waals surface area contributed by atoms with Crippen molar-refractivity contribution in [2.24, 2.45) is 5.92 Å². The van der Waals surface area contributed by atoms with Gasteiger partial charge < -0.3 is 24.2 Å². The summed E-state index contributed by atoms with van der Waals surface area (Å²) in [5, 5.41) is 8.65. The maximum Gasteiger partial charge on any atom is 0.249 e. The monoisotopic (exact) mass is 385 g/mol. The van der Waals surface area contributed by atoms with Crippen molar-refractivity contribution in [2.45, 2.75) is 38.0 Å². The van der Waals surface area contributed by atoms with Crippen LogP contribution in [0.3, 0.4) is 0 Å². The molecule has 1 aromatic heterocycles. The van der Waals surface area contributed by atoms with Gasteiger partial charge in [-0.15, -0.1) is 4.37 Å². The van der Waals surface area contributed by atoms with E-state index in [1.54, 1.807) is 0 Å². The normalized spacial score (nSPS) is 24.9. The molecule has 0 radical (unpaired) electrons. The van der Waals surface area contributed by atoms with Crippen LogP contribution in [0.4, 0.5) is 0 Å². The summed E-state index contributed by atoms with van der Waals surface area (Å²) in [4.78, 5) is 2.54. The second kappa shape index (κ2) is 11.1. The fourth-order valence-electron chi connectivity index (χ4n) is 3.75. The Morgan fingerprint density at radius 3 is 2.31 bits per heavy atom. The largest absolute Gasteiger partial charge is 0.476 e. The van der Waals surface area contributed by atoms with Gasteiger partial charge in [-0.1, -0.05) is 0 Å². The van der Waals surface area contributed by atoms with E-state index in [2.05, 4.69) is 13.6 Å². The highest BCUT2D eigenvalue weighted by Gasteiger charge is 2.38. The van der Waals surface area contributed by atoms with Crippen LogP contribution in [0.15, 0.2) is 0 Å². The van der Waals surface area contributed by atoms with Gasteiger partial charge in [-0.3, -0.25) is 0 Å². The van der Waals surface area contributed by atoms with Crippen LogP contribution < -0.4 is 4.74 Å². The Morgan fingerprint density at radius 1 is 0.962 bits per heavy atom. The van der Waals surface area contributed by atoms with Crippen LogP contribution in [0.1, 0.15) is 43.7 Å². The van der Waals surface area contributed by atoms with Crippen molar-refractivity contribution >= 4 is 11.7 Å². The molecular weight excluding hydrogens is 354 g/mol. The van der Waals surface area contributed by atoms with Gasteiger partial charge in [0.15, 0.2) is 0 Å². The molecule has 3 aliphatic rings. The first kappa shape index (κ1) is 19.9. The number of hydrogen-bond donors (Lipinski definition) is 1. The molecule has 8 heteroatoms. The lowest BCUT2D eigenvalue weighted by atomic mass is 9.77. The predicted octanol–water partition coefficient (Wildman–Crippen LogP) is 1.92. The van der Waals surface area contributed by atoms with E-state index in [0.29, 0.717) is 45.4 Å². The van der Waals surface area contributed by atoms with E-state index in [1.807, 2.05) is 0 Å². The summed E-state index contributed by atoms with van der Waals surface area (Å²) in [5.41, 5.74) is 1.07. The van der Waals surface area contributed by atoms with Crippen LogP contribution in [-0.2, 0) is 9.47 Å². The number of aliphatic hydroxyl groups excluding tert-OH is 1. The van der Waals surface area contributed by atoms with Crippen LogP contribution in [0.2, 0.25) is 0 Å². The number of rotatable bonds is 13. The zero-order valence-electron chi connectivity index (χ0n) is 15.5. The lowest BCUT2D eigenvalue weighted by Gasteiger charge is -2.44. The van der Waals surface area contributed by atoms with Crippen LogP contribution in [0, 0.1) is 5.92 Å². The molecule has 1 N–H and O–H groups in total. The Morgan fingerprint density at radius 2 is 1.65 bits per heavy atom. The first-order valence-electron chi connectivity index (χ1n) is 9.82. The van der Waals surface area contributed by atoms with Gasteiger partial charge in [0.05, 0.1) is 18.3 Å². The molecule has 0 spiro atoms. The quantitative estimate of drug-likeness (QED) is 0.520. The van der Waals surface area contributed by atoms with Gasteiger partial charge in [0, 0.05) is 51.9 Å². The topological polar surface area (TPSA) is 76.9 Å². The number of fused-ring (bicyclic) bond motifs is 3. The smallest absolute Gasteiger partial charge is 0.249 e. The van der Waals surface area contributed by atoms with Gasteiger partial charge in [0.2, 0.25) is 5.88 Å². The molecule has 1 aromatic rings. The van der Waals surface area contributed by atoms with Gasteiger partial charge in [-0.2, -0.15) is 4.37 Å². The number of nitrogens with zero attached hydrogens (tertiary/aromatic N) is 3. The van der Waals surface area contributed by atoms with Gasteiger partial charge in [0.1, 0.15) is 5.69 Å². The summed E-state index contributed by atoms with van der Waals surface area (Å²) in [6.07, 6.45) is 4.98. The van der Waals surface area contributed by atoms with E-state index in [-0.39, 0.29) is 6.61 Å². The van der Waals surface area contributed by atoms with Crippen LogP contribution in [0.5, 0.6) is 5.88 Å². The lowest BCUT2D eigenvalue weighted by Crippen LogP contribution is -2.46. The zero-order valence-corrected chi connectivity index (χ0v) is 16.3. The molecule has 148 valence electrons. The Hall–Kier alpha value is -0.800. The Kier molecular flexibility index (Phi) is 8.54. The average molecular weight is 386 g/mol. The second-order valence-corrected chi connectivity index (χ2v) is 7.59. The number of aromatic nitrogens is 2. The molecule has 0 aromatic carbocycles. The van der Waals surface area contributed by atoms with Crippen molar-refractivity contribution in [3.63, 3.8) is 0 Å². The summed E-state index contributed by atoms with van der Waals surface area (Å²) in [6, 6.07) is 0. The van der Waals surface area contributed by atoms with Crippen molar-refractivity contribution in [2.75, 3.05) is 59.3 Å². The van der Waals surface area contributed by atoms with Gasteiger partial charge >= 0.3 is 0 Å². The molecule has 2 bridgehead atoms. The summed E-state index contributed by atoms with van der Waals surface area (Å²) < 4.78 is 25.8. The molecule has 0 saturated carbocycles. The van der Waals surface area contributed by atoms with Gasteiger partial charge in [-0.05, 0) is 44.7 Å². The van der Waals surface area contributed by atoms with E-state index in [4.69, 9.17) is 19.3 Å². The molecule has 0 aliphatic carbocycles. The van der Waals surface area contributed by atoms with Crippen LogP contribution in [0.25, 0.3) is 0 Å². The Labute approximate surface area is 160 Å². The summed E-state index contributed by atoms with van der Waals surface area (Å²) in [6.45, 7) is 7.07. The van der Waals surface area contributed by atoms with E-state index >= 15 is 0 Å². The molecule has 3 fully saturated rings. The summed E-state index contributed by atoms with van der Waals surface area (Å²) in [5.74, 6) is 1.98. The highest BCUT2D eigenvalue weighted by atomic mass is 32.1. The number of aliphatic hydroxyl groups is 1. The minimum atomic E-state index is 0.187. The molecule has 1 unspecified atom stereocenters. The molecule has 4 heterocycles. The Bertz CT molecular complexity index is 508. The Balaban J connectivity index is 1.26. The molecule has 7 nitrogen and oxygen atoms in total. The van der Waals surface area contributed by atoms with Crippen molar-refractivity contribution in [1.29, 1.82) is 0 Å². The summed E-state index contributed by atoms with van der Waals surface area (Å²) in [7, 11) is 0. The van der Waals surface area contributed by atoms with Crippen molar-refractivity contribution < 1.29 is 19.3 Å². The molecule has 3 saturated heterocycles. The lowest BCUT2D eigenvalue weighted by molar-refractivity contribution is 0.0710. The highest BCUT2D eigenvalue weighted by Crippen LogP contribution is 2.41. The SMILES string of the molecule is OCCCOCCCOCCCOc1nsnc1C1CN2CCC1CC2.